The van der Waals surface area contributed by atoms with Gasteiger partial charge < -0.3 is 10.2 Å². The van der Waals surface area contributed by atoms with Crippen LogP contribution in [0.2, 0.25) is 0 Å². The lowest BCUT2D eigenvalue weighted by atomic mass is 10.2. The van der Waals surface area contributed by atoms with Crippen molar-refractivity contribution >= 4 is 38.8 Å². The Morgan fingerprint density at radius 1 is 0.806 bits per heavy atom. The maximum absolute atomic E-state index is 11.8. The minimum Gasteiger partial charge on any atom is -0.507 e. The van der Waals surface area contributed by atoms with Crippen molar-refractivity contribution in [3.05, 3.63) is 71.8 Å². The molecule has 0 aromatic heterocycles. The van der Waals surface area contributed by atoms with Crippen LogP contribution >= 0.6 is 0 Å². The number of phenols is 1. The second-order valence-corrected chi connectivity index (χ2v) is 7.76. The van der Waals surface area contributed by atoms with Gasteiger partial charge in [0.1, 0.15) is 21.9 Å². The first-order valence-corrected chi connectivity index (χ1v) is 10.2. The van der Waals surface area contributed by atoms with Crippen LogP contribution in [-0.4, -0.2) is 29.2 Å². The van der Waals surface area contributed by atoms with Crippen LogP contribution in [-0.2, 0) is 10.1 Å². The highest BCUT2D eigenvalue weighted by Crippen LogP contribution is 2.32. The van der Waals surface area contributed by atoms with Gasteiger partial charge in [0.25, 0.3) is 10.1 Å². The normalized spacial score (nSPS) is 11.9. The molecule has 158 valence electrons. The summed E-state index contributed by atoms with van der Waals surface area (Å²) in [6, 6.07) is 14.5. The molecule has 0 aliphatic rings. The number of aryl methyl sites for hydroxylation is 1. The highest BCUT2D eigenvalue weighted by Gasteiger charge is 2.17. The van der Waals surface area contributed by atoms with Gasteiger partial charge in [-0.1, -0.05) is 17.7 Å². The van der Waals surface area contributed by atoms with E-state index in [1.54, 1.807) is 12.1 Å². The molecular formula is C20H16N4O6S. The summed E-state index contributed by atoms with van der Waals surface area (Å²) in [6.07, 6.45) is 0. The van der Waals surface area contributed by atoms with E-state index in [0.29, 0.717) is 5.69 Å². The molecule has 3 N–H and O–H groups in total. The van der Waals surface area contributed by atoms with Gasteiger partial charge >= 0.3 is 5.97 Å². The molecule has 0 saturated carbocycles. The lowest BCUT2D eigenvalue weighted by Gasteiger charge is -2.03. The number of hydrogen-bond acceptors (Lipinski definition) is 8. The Morgan fingerprint density at radius 2 is 1.35 bits per heavy atom. The smallest absolute Gasteiger partial charge is 0.339 e. The highest BCUT2D eigenvalue weighted by molar-refractivity contribution is 7.86. The van der Waals surface area contributed by atoms with Crippen LogP contribution in [0.1, 0.15) is 15.9 Å². The van der Waals surface area contributed by atoms with Crippen molar-refractivity contribution in [1.29, 1.82) is 0 Å². The topological polar surface area (TPSA) is 161 Å². The summed E-state index contributed by atoms with van der Waals surface area (Å²) in [7, 11) is -4.67. The quantitative estimate of drug-likeness (QED) is 0.340. The first-order valence-electron chi connectivity index (χ1n) is 8.71. The molecule has 0 atom stereocenters. The van der Waals surface area contributed by atoms with E-state index in [1.165, 1.54) is 18.2 Å². The molecule has 3 aromatic carbocycles. The lowest BCUT2D eigenvalue weighted by Crippen LogP contribution is -1.98. The molecule has 0 aliphatic heterocycles. The Bertz CT molecular complexity index is 1300. The molecule has 0 spiro atoms. The molecule has 3 rings (SSSR count). The predicted molar refractivity (Wildman–Crippen MR) is 111 cm³/mol. The average molecular weight is 440 g/mol. The molecule has 0 aliphatic carbocycles. The Morgan fingerprint density at radius 3 is 2.00 bits per heavy atom. The van der Waals surface area contributed by atoms with Crippen LogP contribution in [0, 0.1) is 6.92 Å². The summed E-state index contributed by atoms with van der Waals surface area (Å²) in [5.41, 5.74) is 1.24. The summed E-state index contributed by atoms with van der Waals surface area (Å²) in [5.74, 6) is -1.81. The van der Waals surface area contributed by atoms with Gasteiger partial charge in [0.2, 0.25) is 0 Å². The Hall–Kier alpha value is -3.96. The van der Waals surface area contributed by atoms with Crippen molar-refractivity contribution in [3.8, 4) is 5.75 Å². The zero-order valence-electron chi connectivity index (χ0n) is 16.0. The molecule has 10 nitrogen and oxygen atoms in total. The van der Waals surface area contributed by atoms with Crippen molar-refractivity contribution in [2.75, 3.05) is 0 Å². The largest absolute Gasteiger partial charge is 0.507 e. The highest BCUT2D eigenvalue weighted by atomic mass is 32.2. The number of aromatic hydroxyl groups is 1. The van der Waals surface area contributed by atoms with Crippen LogP contribution in [0.5, 0.6) is 5.75 Å². The van der Waals surface area contributed by atoms with Gasteiger partial charge in [0.05, 0.1) is 17.1 Å². The lowest BCUT2D eigenvalue weighted by molar-refractivity contribution is 0.0693. The molecule has 0 amide bonds. The van der Waals surface area contributed by atoms with Crippen molar-refractivity contribution in [3.63, 3.8) is 0 Å². The van der Waals surface area contributed by atoms with Crippen molar-refractivity contribution < 1.29 is 28.0 Å². The molecule has 0 bridgehead atoms. The van der Waals surface area contributed by atoms with E-state index in [0.717, 1.165) is 23.8 Å². The van der Waals surface area contributed by atoms with E-state index >= 15 is 0 Å². The van der Waals surface area contributed by atoms with Gasteiger partial charge in [-0.2, -0.15) is 23.8 Å². The fourth-order valence-electron chi connectivity index (χ4n) is 2.45. The molecular weight excluding hydrogens is 424 g/mol. The Labute approximate surface area is 177 Å². The number of nitrogens with zero attached hydrogens (tertiary/aromatic N) is 4. The summed E-state index contributed by atoms with van der Waals surface area (Å²) < 4.78 is 33.1. The van der Waals surface area contributed by atoms with Gasteiger partial charge in [0, 0.05) is 0 Å². The maximum atomic E-state index is 11.8. The van der Waals surface area contributed by atoms with E-state index in [-0.39, 0.29) is 17.1 Å². The third-order valence-corrected chi connectivity index (χ3v) is 4.90. The fourth-order valence-corrected chi connectivity index (χ4v) is 3.09. The van der Waals surface area contributed by atoms with E-state index in [1.807, 2.05) is 19.1 Å². The van der Waals surface area contributed by atoms with Gasteiger partial charge in [-0.3, -0.25) is 4.55 Å². The minimum absolute atomic E-state index is 0.0552. The number of carbonyl (C=O) groups is 1. The summed E-state index contributed by atoms with van der Waals surface area (Å²) in [4.78, 5) is 10.5. The van der Waals surface area contributed by atoms with Crippen LogP contribution in [0.15, 0.2) is 86.0 Å². The van der Waals surface area contributed by atoms with E-state index < -0.39 is 32.3 Å². The van der Waals surface area contributed by atoms with Crippen molar-refractivity contribution in [2.24, 2.45) is 20.5 Å². The first kappa shape index (κ1) is 21.7. The molecule has 31 heavy (non-hydrogen) atoms. The average Bonchev–Trinajstić information content (AvgIpc) is 2.72. The zero-order valence-corrected chi connectivity index (χ0v) is 16.9. The molecule has 0 saturated heterocycles. The zero-order chi connectivity index (χ0) is 22.6. The number of carboxylic acids is 1. The van der Waals surface area contributed by atoms with Crippen molar-refractivity contribution in [2.45, 2.75) is 11.8 Å². The number of carboxylic acid groups (broad SMARTS) is 1. The number of rotatable bonds is 6. The number of benzene rings is 3. The van der Waals surface area contributed by atoms with E-state index in [4.69, 9.17) is 5.11 Å². The molecule has 0 fully saturated rings. The minimum atomic E-state index is -4.67. The first-order chi connectivity index (χ1) is 14.6. The number of azo groups is 2. The maximum Gasteiger partial charge on any atom is 0.339 e. The Balaban J connectivity index is 1.94. The van der Waals surface area contributed by atoms with Crippen LogP contribution in [0.4, 0.5) is 22.7 Å². The molecule has 11 heteroatoms. The number of aromatic carboxylic acids is 1. The summed E-state index contributed by atoms with van der Waals surface area (Å²) in [5, 5.41) is 34.1. The third kappa shape index (κ3) is 5.56. The van der Waals surface area contributed by atoms with Gasteiger partial charge in [-0.15, -0.1) is 5.11 Å². The summed E-state index contributed by atoms with van der Waals surface area (Å²) in [6.45, 7) is 1.92. The second-order valence-electron chi connectivity index (χ2n) is 6.37. The number of hydrogen-bond donors (Lipinski definition) is 3. The van der Waals surface area contributed by atoms with Gasteiger partial charge in [0.15, 0.2) is 0 Å². The third-order valence-electron chi connectivity index (χ3n) is 4.02. The fraction of sp³-hybridized carbons (Fsp3) is 0.0500. The Kier molecular flexibility index (Phi) is 6.18. The van der Waals surface area contributed by atoms with Crippen LogP contribution < -0.4 is 0 Å². The summed E-state index contributed by atoms with van der Waals surface area (Å²) >= 11 is 0. The second kappa shape index (κ2) is 8.81. The molecule has 3 aromatic rings. The molecule has 0 radical (unpaired) electrons. The monoisotopic (exact) mass is 440 g/mol. The predicted octanol–water partition coefficient (Wildman–Crippen LogP) is 5.48. The molecule has 0 heterocycles. The molecule has 0 unspecified atom stereocenters. The van der Waals surface area contributed by atoms with Crippen LogP contribution in [0.25, 0.3) is 0 Å². The van der Waals surface area contributed by atoms with Gasteiger partial charge in [-0.25, -0.2) is 4.79 Å². The van der Waals surface area contributed by atoms with Crippen LogP contribution in [0.3, 0.4) is 0 Å². The standard InChI is InChI=1S/C20H16N4O6S/c1-12-2-4-13(5-3-12)21-22-15-6-8-17(19(11-15)31(28,29)30)24-23-14-7-9-18(25)16(10-14)20(26)27/h2-11,25H,1H3,(H,26,27)(H,28,29,30). The van der Waals surface area contributed by atoms with Gasteiger partial charge in [-0.05, 0) is 55.5 Å². The van der Waals surface area contributed by atoms with Crippen molar-refractivity contribution in [1.82, 2.24) is 0 Å². The van der Waals surface area contributed by atoms with E-state index in [2.05, 4.69) is 20.5 Å². The SMILES string of the molecule is Cc1ccc(N=Nc2ccc(N=Nc3ccc(O)c(C(=O)O)c3)c(S(=O)(=O)O)c2)cc1. The van der Waals surface area contributed by atoms with E-state index in [9.17, 15) is 22.9 Å².